The smallest absolute Gasteiger partial charge is 0.302 e. The molecule has 3 nitrogen and oxygen atoms in total. The summed E-state index contributed by atoms with van der Waals surface area (Å²) in [5, 5.41) is 4.07. The highest BCUT2D eigenvalue weighted by Crippen LogP contribution is 2.14. The van der Waals surface area contributed by atoms with E-state index in [1.165, 1.54) is 6.92 Å². The third kappa shape index (κ3) is 5.20. The van der Waals surface area contributed by atoms with Crippen molar-refractivity contribution in [3.8, 4) is 0 Å². The Kier molecular flexibility index (Phi) is 6.01. The molecule has 0 saturated heterocycles. The molecule has 0 spiro atoms. The van der Waals surface area contributed by atoms with E-state index in [0.29, 0.717) is 13.2 Å². The molecule has 17 heavy (non-hydrogen) atoms. The van der Waals surface area contributed by atoms with Gasteiger partial charge in [0.2, 0.25) is 0 Å². The van der Waals surface area contributed by atoms with Gasteiger partial charge >= 0.3 is 5.97 Å². The SMILES string of the molecule is CCC(COC(C)=O)NCc1ccccc1Cl. The lowest BCUT2D eigenvalue weighted by Gasteiger charge is -2.17. The average molecular weight is 256 g/mol. The zero-order chi connectivity index (χ0) is 12.7. The van der Waals surface area contributed by atoms with E-state index < -0.39 is 0 Å². The van der Waals surface area contributed by atoms with Crippen molar-refractivity contribution < 1.29 is 9.53 Å². The molecule has 0 fully saturated rings. The van der Waals surface area contributed by atoms with Gasteiger partial charge in [-0.2, -0.15) is 0 Å². The molecule has 0 amide bonds. The Morgan fingerprint density at radius 2 is 2.18 bits per heavy atom. The normalized spacial score (nSPS) is 12.2. The van der Waals surface area contributed by atoms with Crippen LogP contribution >= 0.6 is 11.6 Å². The second-order valence-electron chi connectivity index (χ2n) is 3.88. The van der Waals surface area contributed by atoms with E-state index in [4.69, 9.17) is 16.3 Å². The van der Waals surface area contributed by atoms with Gasteiger partial charge in [-0.1, -0.05) is 36.7 Å². The number of ether oxygens (including phenoxy) is 1. The van der Waals surface area contributed by atoms with Crippen LogP contribution in [0.1, 0.15) is 25.8 Å². The van der Waals surface area contributed by atoms with Crippen molar-refractivity contribution in [2.45, 2.75) is 32.9 Å². The van der Waals surface area contributed by atoms with E-state index in [9.17, 15) is 4.79 Å². The first-order valence-electron chi connectivity index (χ1n) is 5.73. The van der Waals surface area contributed by atoms with Crippen LogP contribution in [0.15, 0.2) is 24.3 Å². The monoisotopic (exact) mass is 255 g/mol. The van der Waals surface area contributed by atoms with Crippen molar-refractivity contribution >= 4 is 17.6 Å². The molecular formula is C13H18ClNO2. The summed E-state index contributed by atoms with van der Waals surface area (Å²) in [6.45, 7) is 4.55. The van der Waals surface area contributed by atoms with Crippen molar-refractivity contribution in [2.75, 3.05) is 6.61 Å². The standard InChI is InChI=1S/C13H18ClNO2/c1-3-12(9-17-10(2)16)15-8-11-6-4-5-7-13(11)14/h4-7,12,15H,3,8-9H2,1-2H3. The molecule has 1 atom stereocenters. The van der Waals surface area contributed by atoms with Gasteiger partial charge in [-0.3, -0.25) is 4.79 Å². The minimum absolute atomic E-state index is 0.162. The lowest BCUT2D eigenvalue weighted by atomic mass is 10.2. The van der Waals surface area contributed by atoms with Gasteiger partial charge in [0.25, 0.3) is 0 Å². The van der Waals surface area contributed by atoms with E-state index in [0.717, 1.165) is 17.0 Å². The molecule has 94 valence electrons. The molecule has 0 aromatic heterocycles. The van der Waals surface area contributed by atoms with Gasteiger partial charge in [0.05, 0.1) is 0 Å². The van der Waals surface area contributed by atoms with Gasteiger partial charge in [-0.15, -0.1) is 0 Å². The third-order valence-corrected chi connectivity index (χ3v) is 2.89. The number of carbonyl (C=O) groups excluding carboxylic acids is 1. The molecular weight excluding hydrogens is 238 g/mol. The minimum atomic E-state index is -0.247. The maximum Gasteiger partial charge on any atom is 0.302 e. The van der Waals surface area contributed by atoms with Crippen LogP contribution in [0.25, 0.3) is 0 Å². The lowest BCUT2D eigenvalue weighted by Crippen LogP contribution is -2.33. The van der Waals surface area contributed by atoms with E-state index >= 15 is 0 Å². The number of hydrogen-bond donors (Lipinski definition) is 1. The zero-order valence-electron chi connectivity index (χ0n) is 10.2. The Morgan fingerprint density at radius 1 is 1.47 bits per heavy atom. The number of nitrogens with one attached hydrogen (secondary N) is 1. The van der Waals surface area contributed by atoms with Crippen molar-refractivity contribution in [1.29, 1.82) is 0 Å². The van der Waals surface area contributed by atoms with Gasteiger partial charge < -0.3 is 10.1 Å². The number of carbonyl (C=O) groups is 1. The van der Waals surface area contributed by atoms with Crippen molar-refractivity contribution in [3.05, 3.63) is 34.9 Å². The van der Waals surface area contributed by atoms with Gasteiger partial charge in [-0.25, -0.2) is 0 Å². The second kappa shape index (κ2) is 7.30. The lowest BCUT2D eigenvalue weighted by molar-refractivity contribution is -0.141. The van der Waals surface area contributed by atoms with E-state index in [2.05, 4.69) is 5.32 Å². The molecule has 4 heteroatoms. The molecule has 0 saturated carbocycles. The Balaban J connectivity index is 2.42. The molecule has 0 aliphatic carbocycles. The summed E-state index contributed by atoms with van der Waals surface area (Å²) in [7, 11) is 0. The highest BCUT2D eigenvalue weighted by atomic mass is 35.5. The predicted octanol–water partition coefficient (Wildman–Crippen LogP) is 2.77. The molecule has 1 aromatic carbocycles. The number of esters is 1. The minimum Gasteiger partial charge on any atom is -0.464 e. The van der Waals surface area contributed by atoms with Crippen molar-refractivity contribution in [1.82, 2.24) is 5.32 Å². The molecule has 0 aliphatic rings. The maximum atomic E-state index is 10.7. The van der Waals surface area contributed by atoms with Crippen LogP contribution in [0, 0.1) is 0 Å². The molecule has 0 radical (unpaired) electrons. The Bertz CT molecular complexity index is 368. The van der Waals surface area contributed by atoms with Crippen molar-refractivity contribution in [3.63, 3.8) is 0 Å². The first kappa shape index (κ1) is 14.0. The third-order valence-electron chi connectivity index (χ3n) is 2.52. The quantitative estimate of drug-likeness (QED) is 0.795. The topological polar surface area (TPSA) is 38.3 Å². The first-order chi connectivity index (χ1) is 8.13. The van der Waals surface area contributed by atoms with Crippen LogP contribution in [-0.2, 0) is 16.1 Å². The summed E-state index contributed by atoms with van der Waals surface area (Å²) in [5.41, 5.74) is 1.05. The Labute approximate surface area is 107 Å². The van der Waals surface area contributed by atoms with Crippen LogP contribution in [0.5, 0.6) is 0 Å². The number of benzene rings is 1. The van der Waals surface area contributed by atoms with Gasteiger partial charge in [0.1, 0.15) is 6.61 Å². The molecule has 1 N–H and O–H groups in total. The summed E-state index contributed by atoms with van der Waals surface area (Å²) in [4.78, 5) is 10.7. The molecule has 1 rings (SSSR count). The van der Waals surface area contributed by atoms with Crippen LogP contribution in [-0.4, -0.2) is 18.6 Å². The van der Waals surface area contributed by atoms with Crippen molar-refractivity contribution in [2.24, 2.45) is 0 Å². The average Bonchev–Trinajstić information content (AvgIpc) is 2.31. The molecule has 1 aromatic rings. The Hall–Kier alpha value is -1.06. The fourth-order valence-electron chi connectivity index (χ4n) is 1.44. The Morgan fingerprint density at radius 3 is 2.76 bits per heavy atom. The summed E-state index contributed by atoms with van der Waals surface area (Å²) in [6, 6.07) is 7.87. The van der Waals surface area contributed by atoms with Crippen LogP contribution in [0.2, 0.25) is 5.02 Å². The fourth-order valence-corrected chi connectivity index (χ4v) is 1.64. The summed E-state index contributed by atoms with van der Waals surface area (Å²) >= 11 is 6.05. The predicted molar refractivity (Wildman–Crippen MR) is 69.0 cm³/mol. The number of rotatable bonds is 6. The highest BCUT2D eigenvalue weighted by Gasteiger charge is 2.08. The van der Waals surface area contributed by atoms with E-state index in [-0.39, 0.29) is 12.0 Å². The zero-order valence-corrected chi connectivity index (χ0v) is 11.0. The largest absolute Gasteiger partial charge is 0.464 e. The van der Waals surface area contributed by atoms with Gasteiger partial charge in [-0.05, 0) is 18.1 Å². The summed E-state index contributed by atoms with van der Waals surface area (Å²) in [6.07, 6.45) is 0.901. The molecule has 0 aliphatic heterocycles. The van der Waals surface area contributed by atoms with Crippen LogP contribution in [0.3, 0.4) is 0 Å². The highest BCUT2D eigenvalue weighted by molar-refractivity contribution is 6.31. The maximum absolute atomic E-state index is 10.7. The van der Waals surface area contributed by atoms with E-state index in [1.54, 1.807) is 0 Å². The van der Waals surface area contributed by atoms with Gasteiger partial charge in [0.15, 0.2) is 0 Å². The molecule has 1 unspecified atom stereocenters. The molecule has 0 heterocycles. The summed E-state index contributed by atoms with van der Waals surface area (Å²) in [5.74, 6) is -0.247. The fraction of sp³-hybridized carbons (Fsp3) is 0.462. The summed E-state index contributed by atoms with van der Waals surface area (Å²) < 4.78 is 4.98. The van der Waals surface area contributed by atoms with E-state index in [1.807, 2.05) is 31.2 Å². The van der Waals surface area contributed by atoms with Crippen LogP contribution in [0.4, 0.5) is 0 Å². The molecule has 0 bridgehead atoms. The van der Waals surface area contributed by atoms with Crippen LogP contribution < -0.4 is 5.32 Å². The first-order valence-corrected chi connectivity index (χ1v) is 6.11. The number of hydrogen-bond acceptors (Lipinski definition) is 3. The second-order valence-corrected chi connectivity index (χ2v) is 4.29. The number of halogens is 1. The van der Waals surface area contributed by atoms with Gasteiger partial charge in [0, 0.05) is 24.5 Å².